The van der Waals surface area contributed by atoms with Crippen LogP contribution in [0, 0.1) is 0 Å². The van der Waals surface area contributed by atoms with E-state index in [4.69, 9.17) is 10.1 Å². The van der Waals surface area contributed by atoms with Gasteiger partial charge in [0.1, 0.15) is 5.69 Å². The van der Waals surface area contributed by atoms with Gasteiger partial charge in [-0.2, -0.15) is 5.10 Å². The predicted octanol–water partition coefficient (Wildman–Crippen LogP) is 4.00. The van der Waals surface area contributed by atoms with Crippen molar-refractivity contribution in [3.05, 3.63) is 97.3 Å². The van der Waals surface area contributed by atoms with Crippen LogP contribution in [0.5, 0.6) is 0 Å². The van der Waals surface area contributed by atoms with E-state index in [-0.39, 0.29) is 0 Å². The Balaban J connectivity index is 1.27. The van der Waals surface area contributed by atoms with Crippen molar-refractivity contribution >= 4 is 17.3 Å². The summed E-state index contributed by atoms with van der Waals surface area (Å²) in [5.74, 6) is 0.532. The van der Waals surface area contributed by atoms with Crippen LogP contribution in [-0.4, -0.2) is 55.9 Å². The topological polar surface area (TPSA) is 96.7 Å². The maximum Gasteiger partial charge on any atom is 0.227 e. The Kier molecular flexibility index (Phi) is 6.50. The fraction of sp³-hybridized carbons (Fsp3) is 0.179. The van der Waals surface area contributed by atoms with Gasteiger partial charge in [-0.05, 0) is 54.1 Å². The van der Waals surface area contributed by atoms with Crippen LogP contribution in [-0.2, 0) is 6.54 Å². The summed E-state index contributed by atoms with van der Waals surface area (Å²) >= 11 is 0. The highest BCUT2D eigenvalue weighted by atomic mass is 15.3. The van der Waals surface area contributed by atoms with Crippen molar-refractivity contribution in [2.45, 2.75) is 6.54 Å². The molecule has 0 amide bonds. The number of hydrogen-bond acceptors (Lipinski definition) is 8. The van der Waals surface area contributed by atoms with Gasteiger partial charge in [-0.3, -0.25) is 14.6 Å². The molecule has 0 atom stereocenters. The fourth-order valence-corrected chi connectivity index (χ4v) is 4.46. The summed E-state index contributed by atoms with van der Waals surface area (Å²) in [7, 11) is 0. The third-order valence-corrected chi connectivity index (χ3v) is 6.30. The lowest BCUT2D eigenvalue weighted by atomic mass is 10.1. The molecule has 6 rings (SSSR count). The summed E-state index contributed by atoms with van der Waals surface area (Å²) in [5, 5.41) is 11.6. The summed E-state index contributed by atoms with van der Waals surface area (Å²) in [6, 6.07) is 18.2. The minimum absolute atomic E-state index is 0.532. The molecule has 0 spiro atoms. The molecule has 1 saturated heterocycles. The van der Waals surface area contributed by atoms with Crippen molar-refractivity contribution in [1.82, 2.24) is 35.0 Å². The second-order valence-electron chi connectivity index (χ2n) is 8.87. The second kappa shape index (κ2) is 10.5. The number of anilines is 3. The SMILES string of the molecule is c1cncc(Cn2cc(-c3ccnc(Nc4ccc(N5CCNCC5)cc4)n3)c(-c3cccnc3)n2)c1. The van der Waals surface area contributed by atoms with E-state index in [0.717, 1.165) is 59.9 Å². The Bertz CT molecular complexity index is 1440. The van der Waals surface area contributed by atoms with Crippen LogP contribution in [0.4, 0.5) is 17.3 Å². The minimum Gasteiger partial charge on any atom is -0.369 e. The Labute approximate surface area is 215 Å². The average Bonchev–Trinajstić information content (AvgIpc) is 3.39. The molecule has 9 heteroatoms. The van der Waals surface area contributed by atoms with E-state index in [2.05, 4.69) is 54.8 Å². The number of hydrogen-bond donors (Lipinski definition) is 2. The van der Waals surface area contributed by atoms with Gasteiger partial charge < -0.3 is 15.5 Å². The van der Waals surface area contributed by atoms with E-state index in [1.54, 1.807) is 18.6 Å². The highest BCUT2D eigenvalue weighted by molar-refractivity contribution is 5.78. The quantitative estimate of drug-likeness (QED) is 0.354. The molecule has 184 valence electrons. The Hall–Kier alpha value is -4.63. The lowest BCUT2D eigenvalue weighted by molar-refractivity contribution is 0.589. The van der Waals surface area contributed by atoms with Crippen molar-refractivity contribution in [3.63, 3.8) is 0 Å². The molecule has 1 fully saturated rings. The zero-order chi connectivity index (χ0) is 24.9. The zero-order valence-corrected chi connectivity index (χ0v) is 20.3. The van der Waals surface area contributed by atoms with E-state index < -0.39 is 0 Å². The lowest BCUT2D eigenvalue weighted by Crippen LogP contribution is -2.43. The normalized spacial score (nSPS) is 13.5. The molecule has 5 heterocycles. The number of benzene rings is 1. The maximum atomic E-state index is 4.88. The number of rotatable bonds is 7. The van der Waals surface area contributed by atoms with Gasteiger partial charge in [0, 0.05) is 85.9 Å². The van der Waals surface area contributed by atoms with Crippen LogP contribution >= 0.6 is 0 Å². The molecule has 1 aliphatic rings. The van der Waals surface area contributed by atoms with Crippen molar-refractivity contribution in [2.75, 3.05) is 36.4 Å². The third kappa shape index (κ3) is 5.31. The number of nitrogens with zero attached hydrogens (tertiary/aromatic N) is 7. The number of pyridine rings is 2. The molecule has 0 bridgehead atoms. The molecule has 9 nitrogen and oxygen atoms in total. The van der Waals surface area contributed by atoms with Crippen molar-refractivity contribution in [2.24, 2.45) is 0 Å². The van der Waals surface area contributed by atoms with Gasteiger partial charge in [-0.25, -0.2) is 9.97 Å². The van der Waals surface area contributed by atoms with Gasteiger partial charge in [-0.15, -0.1) is 0 Å². The summed E-state index contributed by atoms with van der Waals surface area (Å²) in [6.45, 7) is 4.68. The van der Waals surface area contributed by atoms with Gasteiger partial charge >= 0.3 is 0 Å². The first-order valence-electron chi connectivity index (χ1n) is 12.3. The second-order valence-corrected chi connectivity index (χ2v) is 8.87. The first kappa shape index (κ1) is 22.8. The average molecular weight is 490 g/mol. The number of nitrogens with one attached hydrogen (secondary N) is 2. The smallest absolute Gasteiger partial charge is 0.227 e. The van der Waals surface area contributed by atoms with Crippen LogP contribution in [0.15, 0.2) is 91.8 Å². The van der Waals surface area contributed by atoms with E-state index in [1.165, 1.54) is 5.69 Å². The Morgan fingerprint density at radius 3 is 2.43 bits per heavy atom. The summed E-state index contributed by atoms with van der Waals surface area (Å²) in [5.41, 5.74) is 6.69. The molecular formula is C28H27N9. The summed E-state index contributed by atoms with van der Waals surface area (Å²) in [6.07, 6.45) is 11.0. The van der Waals surface area contributed by atoms with Gasteiger partial charge in [0.15, 0.2) is 0 Å². The van der Waals surface area contributed by atoms with E-state index in [0.29, 0.717) is 12.5 Å². The number of aromatic nitrogens is 6. The van der Waals surface area contributed by atoms with Gasteiger partial charge in [0.2, 0.25) is 5.95 Å². The summed E-state index contributed by atoms with van der Waals surface area (Å²) in [4.78, 5) is 20.2. The minimum atomic E-state index is 0.532. The lowest BCUT2D eigenvalue weighted by Gasteiger charge is -2.29. The maximum absolute atomic E-state index is 4.88. The van der Waals surface area contributed by atoms with E-state index in [9.17, 15) is 0 Å². The largest absolute Gasteiger partial charge is 0.369 e. The molecule has 5 aromatic rings. The van der Waals surface area contributed by atoms with E-state index in [1.807, 2.05) is 53.6 Å². The van der Waals surface area contributed by atoms with Crippen molar-refractivity contribution in [1.29, 1.82) is 0 Å². The van der Waals surface area contributed by atoms with Crippen LogP contribution in [0.2, 0.25) is 0 Å². The molecular weight excluding hydrogens is 462 g/mol. The molecule has 0 unspecified atom stereocenters. The third-order valence-electron chi connectivity index (χ3n) is 6.30. The van der Waals surface area contributed by atoms with Crippen molar-refractivity contribution < 1.29 is 0 Å². The van der Waals surface area contributed by atoms with Gasteiger partial charge in [0.25, 0.3) is 0 Å². The monoisotopic (exact) mass is 489 g/mol. The molecule has 1 aliphatic heterocycles. The van der Waals surface area contributed by atoms with Crippen LogP contribution < -0.4 is 15.5 Å². The summed E-state index contributed by atoms with van der Waals surface area (Å²) < 4.78 is 1.92. The van der Waals surface area contributed by atoms with Crippen LogP contribution in [0.25, 0.3) is 22.5 Å². The molecule has 1 aromatic carbocycles. The predicted molar refractivity (Wildman–Crippen MR) is 145 cm³/mol. The molecule has 4 aromatic heterocycles. The van der Waals surface area contributed by atoms with E-state index >= 15 is 0 Å². The highest BCUT2D eigenvalue weighted by Crippen LogP contribution is 2.30. The van der Waals surface area contributed by atoms with Crippen LogP contribution in [0.1, 0.15) is 5.56 Å². The molecule has 0 saturated carbocycles. The van der Waals surface area contributed by atoms with Gasteiger partial charge in [-0.1, -0.05) is 6.07 Å². The Morgan fingerprint density at radius 2 is 1.68 bits per heavy atom. The Morgan fingerprint density at radius 1 is 0.865 bits per heavy atom. The van der Waals surface area contributed by atoms with Crippen LogP contribution in [0.3, 0.4) is 0 Å². The fourth-order valence-electron chi connectivity index (χ4n) is 4.46. The number of piperazine rings is 1. The first-order chi connectivity index (χ1) is 18.3. The first-order valence-corrected chi connectivity index (χ1v) is 12.3. The zero-order valence-electron chi connectivity index (χ0n) is 20.3. The van der Waals surface area contributed by atoms with Gasteiger partial charge in [0.05, 0.1) is 12.2 Å². The molecule has 0 radical (unpaired) electrons. The molecule has 2 N–H and O–H groups in total. The molecule has 0 aliphatic carbocycles. The standard InChI is InChI=1S/C28H27N9/c1-3-21(17-30-10-1)19-37-20-25(27(35-37)22-4-2-11-31-18-22)26-9-12-32-28(34-26)33-23-5-7-24(8-6-23)36-15-13-29-14-16-36/h1-12,17-18,20,29H,13-16,19H2,(H,32,33,34). The van der Waals surface area contributed by atoms with Crippen molar-refractivity contribution in [3.8, 4) is 22.5 Å². The molecule has 37 heavy (non-hydrogen) atoms. The highest BCUT2D eigenvalue weighted by Gasteiger charge is 2.16.